The average Bonchev–Trinajstić information content (AvgIpc) is 3.75. The van der Waals surface area contributed by atoms with E-state index in [-0.39, 0.29) is 43.9 Å². The Morgan fingerprint density at radius 1 is 0.951 bits per heavy atom. The maximum absolute atomic E-state index is 16.3. The molecule has 1 aromatic heterocycles. The lowest BCUT2D eigenvalue weighted by Gasteiger charge is -2.49. The van der Waals surface area contributed by atoms with Crippen molar-refractivity contribution in [1.29, 1.82) is 5.26 Å². The quantitative estimate of drug-likeness (QED) is 0.0585. The molecule has 0 amide bonds. The summed E-state index contributed by atoms with van der Waals surface area (Å²) in [5, 5.41) is 25.0. The van der Waals surface area contributed by atoms with Crippen molar-refractivity contribution in [1.82, 2.24) is 14.8 Å². The minimum atomic E-state index is -3.12. The summed E-state index contributed by atoms with van der Waals surface area (Å²) in [4.78, 5) is 16.9. The fourth-order valence-corrected chi connectivity index (χ4v) is 14.1. The number of benzene rings is 4. The number of rotatable bonds is 16. The number of thioether (sulfide) groups is 1. The summed E-state index contributed by atoms with van der Waals surface area (Å²) in [6.45, 7) is 8.25. The molecular weight excluding hydrogens is 822 g/mol. The molecule has 15 heteroatoms. The van der Waals surface area contributed by atoms with Crippen molar-refractivity contribution in [3.63, 3.8) is 0 Å². The van der Waals surface area contributed by atoms with E-state index in [1.807, 2.05) is 42.5 Å². The maximum Gasteiger partial charge on any atom is 0.506 e. The van der Waals surface area contributed by atoms with Crippen molar-refractivity contribution in [2.45, 2.75) is 67.6 Å². The Bertz CT molecular complexity index is 2310. The van der Waals surface area contributed by atoms with Crippen molar-refractivity contribution < 1.29 is 41.7 Å². The average molecular weight is 869 g/mol. The molecule has 318 valence electrons. The summed E-state index contributed by atoms with van der Waals surface area (Å²) in [6.07, 6.45) is 6.81. The van der Waals surface area contributed by atoms with E-state index >= 15 is 4.39 Å². The van der Waals surface area contributed by atoms with Crippen LogP contribution in [0.1, 0.15) is 50.8 Å². The molecule has 0 saturated carbocycles. The third-order valence-corrected chi connectivity index (χ3v) is 17.5. The van der Waals surface area contributed by atoms with Crippen molar-refractivity contribution in [3.8, 4) is 6.07 Å². The third kappa shape index (κ3) is 10.2. The smallest absolute Gasteiger partial charge is 0.450 e. The first-order valence-electron chi connectivity index (χ1n) is 19.6. The van der Waals surface area contributed by atoms with Crippen LogP contribution in [0.15, 0.2) is 128 Å². The molecule has 61 heavy (non-hydrogen) atoms. The Balaban J connectivity index is 1.36. The van der Waals surface area contributed by atoms with E-state index in [0.29, 0.717) is 11.6 Å². The molecule has 1 N–H and O–H groups in total. The second-order valence-corrected chi connectivity index (χ2v) is 21.9. The number of carboxylic acid groups (broad SMARTS) is 1. The molecule has 0 radical (unpaired) electrons. The zero-order valence-electron chi connectivity index (χ0n) is 34.2. The van der Waals surface area contributed by atoms with Gasteiger partial charge in [0.25, 0.3) is 8.32 Å². The van der Waals surface area contributed by atoms with E-state index in [2.05, 4.69) is 55.1 Å². The molecule has 4 aromatic carbocycles. The van der Waals surface area contributed by atoms with E-state index in [0.717, 1.165) is 22.5 Å². The van der Waals surface area contributed by atoms with Crippen molar-refractivity contribution in [3.05, 3.63) is 162 Å². The van der Waals surface area contributed by atoms with Gasteiger partial charge in [-0.25, -0.2) is 27.6 Å². The molecule has 10 nitrogen and oxygen atoms in total. The first kappa shape index (κ1) is 45.0. The van der Waals surface area contributed by atoms with Crippen LogP contribution in [0.4, 0.5) is 18.0 Å². The Kier molecular flexibility index (Phi) is 14.4. The monoisotopic (exact) mass is 868 g/mol. The van der Waals surface area contributed by atoms with Crippen LogP contribution in [-0.2, 0) is 30.8 Å². The highest BCUT2D eigenvalue weighted by atomic mass is 32.2. The molecule has 1 aliphatic rings. The molecular formula is C46H47F3N4O6SSi. The van der Waals surface area contributed by atoms with Gasteiger partial charge in [-0.15, -0.1) is 11.8 Å². The van der Waals surface area contributed by atoms with Crippen LogP contribution in [0.2, 0.25) is 5.04 Å². The Hall–Kier alpha value is -5.50. The minimum absolute atomic E-state index is 0.0770. The SMILES string of the molecule is CC(C)(C)[Si](OCC[C@@](C)(S[C@H]1CO[C@H](/C=C/C=C/c2ccc(C#N)cc2F)OC1)[C@@](Cn1cncn1)(OC(=O)O)c1ccc(F)cc1F)(c1ccccc1)c1ccccc1. The van der Waals surface area contributed by atoms with E-state index in [1.54, 1.807) is 31.2 Å². The number of aromatic nitrogens is 3. The van der Waals surface area contributed by atoms with Crippen molar-refractivity contribution in [2.24, 2.45) is 0 Å². The van der Waals surface area contributed by atoms with Crippen LogP contribution >= 0.6 is 11.8 Å². The van der Waals surface area contributed by atoms with Gasteiger partial charge in [-0.05, 0) is 59.1 Å². The molecule has 0 bridgehead atoms. The summed E-state index contributed by atoms with van der Waals surface area (Å²) in [6, 6.07) is 29.2. The van der Waals surface area contributed by atoms with Crippen molar-refractivity contribution >= 4 is 42.7 Å². The van der Waals surface area contributed by atoms with Gasteiger partial charge in [0, 0.05) is 23.8 Å². The lowest BCUT2D eigenvalue weighted by atomic mass is 9.78. The molecule has 2 heterocycles. The van der Waals surface area contributed by atoms with E-state index < -0.39 is 58.9 Å². The zero-order chi connectivity index (χ0) is 43.7. The van der Waals surface area contributed by atoms with Crippen LogP contribution < -0.4 is 10.4 Å². The zero-order valence-corrected chi connectivity index (χ0v) is 36.0. The molecule has 2 atom stereocenters. The lowest BCUT2D eigenvalue weighted by Crippen LogP contribution is -2.67. The van der Waals surface area contributed by atoms with Gasteiger partial charge < -0.3 is 23.7 Å². The molecule has 0 unspecified atom stereocenters. The predicted molar refractivity (Wildman–Crippen MR) is 230 cm³/mol. The first-order valence-corrected chi connectivity index (χ1v) is 22.4. The Morgan fingerprint density at radius 3 is 2.18 bits per heavy atom. The van der Waals surface area contributed by atoms with Gasteiger partial charge in [-0.2, -0.15) is 10.4 Å². The van der Waals surface area contributed by atoms with Crippen LogP contribution in [0, 0.1) is 28.8 Å². The molecule has 0 spiro atoms. The highest BCUT2D eigenvalue weighted by Crippen LogP contribution is 2.52. The molecule has 6 rings (SSSR count). The second kappa shape index (κ2) is 19.5. The van der Waals surface area contributed by atoms with Gasteiger partial charge >= 0.3 is 6.16 Å². The number of allylic oxidation sites excluding steroid dienone is 2. The van der Waals surface area contributed by atoms with Gasteiger partial charge in [-0.1, -0.05) is 106 Å². The summed E-state index contributed by atoms with van der Waals surface area (Å²) < 4.78 is 70.7. The second-order valence-electron chi connectivity index (χ2n) is 15.8. The van der Waals surface area contributed by atoms with Gasteiger partial charge in [0.2, 0.25) is 0 Å². The highest BCUT2D eigenvalue weighted by molar-refractivity contribution is 8.01. The number of halogens is 3. The lowest BCUT2D eigenvalue weighted by molar-refractivity contribution is -0.146. The standard InChI is InChI=1S/C46H47F3N4O6SSi/c1-44(2,3)61(37-14-7-5-8-15-37,38-16-9-6-10-17-38)58-24-23-45(4,46(59-43(54)55,30-53-32-51-31-52-53)39-22-21-35(47)26-41(39)49)60-36-28-56-42(57-29-36)18-12-11-13-34-20-19-33(27-50)25-40(34)48/h5-22,25-26,31-32,36,42H,23-24,28-30H2,1-4H3,(H,54,55)/b13-11+,18-12+/t36-,42-,45-,46+/m1/s1. The molecule has 0 aliphatic carbocycles. The van der Waals surface area contributed by atoms with Crippen LogP contribution in [-0.4, -0.2) is 70.5 Å². The topological polar surface area (TPSA) is 129 Å². The Labute approximate surface area is 358 Å². The number of carbonyl (C=O) groups is 1. The molecule has 1 fully saturated rings. The summed E-state index contributed by atoms with van der Waals surface area (Å²) in [5.41, 5.74) is -1.72. The fraction of sp³-hybridized carbons (Fsp3) is 0.304. The molecule has 1 aliphatic heterocycles. The molecule has 5 aromatic rings. The minimum Gasteiger partial charge on any atom is -0.450 e. The van der Waals surface area contributed by atoms with Crippen molar-refractivity contribution in [2.75, 3.05) is 19.8 Å². The highest BCUT2D eigenvalue weighted by Gasteiger charge is 2.57. The Morgan fingerprint density at radius 2 is 1.62 bits per heavy atom. The summed E-state index contributed by atoms with van der Waals surface area (Å²) in [7, 11) is -3.12. The summed E-state index contributed by atoms with van der Waals surface area (Å²) >= 11 is 1.30. The number of nitrogens with zero attached hydrogens (tertiary/aromatic N) is 4. The molecule has 1 saturated heterocycles. The normalized spacial score (nSPS) is 18.1. The van der Waals surface area contributed by atoms with Crippen LogP contribution in [0.25, 0.3) is 6.08 Å². The largest absolute Gasteiger partial charge is 0.506 e. The number of ether oxygens (including phenoxy) is 3. The number of hydrogen-bond acceptors (Lipinski definition) is 9. The van der Waals surface area contributed by atoms with Gasteiger partial charge in [-0.3, -0.25) is 0 Å². The maximum atomic E-state index is 16.3. The fourth-order valence-electron chi connectivity index (χ4n) is 7.85. The summed E-state index contributed by atoms with van der Waals surface area (Å²) in [5.74, 6) is -2.38. The predicted octanol–water partition coefficient (Wildman–Crippen LogP) is 8.63. The number of hydrogen-bond donors (Lipinski definition) is 1. The third-order valence-electron chi connectivity index (χ3n) is 10.8. The number of nitriles is 1. The van der Waals surface area contributed by atoms with Gasteiger partial charge in [0.1, 0.15) is 30.1 Å². The van der Waals surface area contributed by atoms with E-state index in [4.69, 9.17) is 23.9 Å². The van der Waals surface area contributed by atoms with Gasteiger partial charge in [0.15, 0.2) is 11.9 Å². The first-order chi connectivity index (χ1) is 29.2. The van der Waals surface area contributed by atoms with Gasteiger partial charge in [0.05, 0.1) is 41.4 Å². The van der Waals surface area contributed by atoms with Crippen LogP contribution in [0.5, 0.6) is 0 Å². The van der Waals surface area contributed by atoms with E-state index in [9.17, 15) is 18.7 Å². The van der Waals surface area contributed by atoms with Crippen LogP contribution in [0.3, 0.4) is 0 Å². The van der Waals surface area contributed by atoms with E-state index in [1.165, 1.54) is 47.3 Å².